The van der Waals surface area contributed by atoms with E-state index in [1.807, 2.05) is 56.3 Å². The largest absolute Gasteiger partial charge is 0.390 e. The van der Waals surface area contributed by atoms with E-state index in [9.17, 15) is 19.5 Å². The number of nitrogens with one attached hydrogen (secondary N) is 3. The first-order valence-electron chi connectivity index (χ1n) is 14.1. The molecular weight excluding hydrogens is 532 g/mol. The number of halogens is 1. The van der Waals surface area contributed by atoms with Gasteiger partial charge in [-0.05, 0) is 48.6 Å². The second-order valence-corrected chi connectivity index (χ2v) is 10.2. The lowest BCUT2D eigenvalue weighted by Crippen LogP contribution is -2.59. The van der Waals surface area contributed by atoms with Crippen LogP contribution in [0, 0.1) is 5.92 Å². The highest BCUT2D eigenvalue weighted by Crippen LogP contribution is 2.23. The third-order valence-electron chi connectivity index (χ3n) is 7.40. The average Bonchev–Trinajstić information content (AvgIpc) is 3.49. The van der Waals surface area contributed by atoms with Gasteiger partial charge in [0.15, 0.2) is 0 Å². The zero-order valence-corrected chi connectivity index (χ0v) is 24.7. The Morgan fingerprint density at radius 3 is 2.48 bits per heavy atom. The van der Waals surface area contributed by atoms with Gasteiger partial charge in [0.05, 0.1) is 18.8 Å². The first-order valence-corrected chi connectivity index (χ1v) is 14.1. The predicted molar refractivity (Wildman–Crippen MR) is 159 cm³/mol. The first kappa shape index (κ1) is 33.6. The summed E-state index contributed by atoms with van der Waals surface area (Å²) in [5, 5.41) is 21.6. The van der Waals surface area contributed by atoms with Crippen molar-refractivity contribution in [3.05, 3.63) is 48.0 Å². The smallest absolute Gasteiger partial charge is 0.247 e. The Morgan fingerprint density at radius 2 is 1.82 bits per heavy atom. The molecule has 1 fully saturated rings. The Balaban J connectivity index is 0.00000560. The molecule has 0 aromatic heterocycles. The molecule has 1 unspecified atom stereocenters. The van der Waals surface area contributed by atoms with Gasteiger partial charge in [0.1, 0.15) is 6.04 Å². The number of nitrogens with zero attached hydrogens (tertiary/aromatic N) is 1. The quantitative estimate of drug-likeness (QED) is 0.240. The molecule has 3 atom stereocenters. The van der Waals surface area contributed by atoms with Crippen LogP contribution in [0.2, 0.25) is 0 Å². The number of hydrogen-bond donors (Lipinski definition) is 4. The topological polar surface area (TPSA) is 120 Å². The molecule has 1 aliphatic heterocycles. The number of amides is 3. The van der Waals surface area contributed by atoms with Crippen LogP contribution in [0.15, 0.2) is 42.5 Å². The second kappa shape index (κ2) is 17.3. The maximum absolute atomic E-state index is 13.8. The van der Waals surface area contributed by atoms with Crippen LogP contribution in [-0.2, 0) is 25.5 Å². The van der Waals surface area contributed by atoms with Gasteiger partial charge >= 0.3 is 0 Å². The highest BCUT2D eigenvalue weighted by Gasteiger charge is 2.40. The summed E-state index contributed by atoms with van der Waals surface area (Å²) in [5.41, 5.74) is 0.852. The maximum atomic E-state index is 13.8. The SMILES string of the molecule is CCC(CC)C(=O)N(C(=O)[C@@H]1CCCN1)[C@H](Cc1ccc2ccccc2c1)C(=O)NCC(O)CNCCOC.Cl. The third-order valence-corrected chi connectivity index (χ3v) is 7.40. The van der Waals surface area contributed by atoms with Crippen molar-refractivity contribution >= 4 is 40.9 Å². The number of carbonyl (C=O) groups is 3. The summed E-state index contributed by atoms with van der Waals surface area (Å²) in [6.07, 6.45) is 1.97. The molecule has 3 rings (SSSR count). The molecule has 9 nitrogen and oxygen atoms in total. The number of carbonyl (C=O) groups excluding carboxylic acids is 3. The van der Waals surface area contributed by atoms with Gasteiger partial charge in [-0.2, -0.15) is 0 Å². The summed E-state index contributed by atoms with van der Waals surface area (Å²) in [4.78, 5) is 42.6. The molecule has 4 N–H and O–H groups in total. The molecule has 10 heteroatoms. The lowest BCUT2D eigenvalue weighted by Gasteiger charge is -2.34. The van der Waals surface area contributed by atoms with Crippen molar-refractivity contribution in [1.29, 1.82) is 0 Å². The summed E-state index contributed by atoms with van der Waals surface area (Å²) < 4.78 is 5.00. The fourth-order valence-corrected chi connectivity index (χ4v) is 5.06. The second-order valence-electron chi connectivity index (χ2n) is 10.2. The van der Waals surface area contributed by atoms with Crippen LogP contribution in [0.3, 0.4) is 0 Å². The van der Waals surface area contributed by atoms with Crippen LogP contribution in [0.4, 0.5) is 0 Å². The summed E-state index contributed by atoms with van der Waals surface area (Å²) >= 11 is 0. The minimum absolute atomic E-state index is 0. The van der Waals surface area contributed by atoms with Crippen molar-refractivity contribution in [3.63, 3.8) is 0 Å². The number of benzene rings is 2. The van der Waals surface area contributed by atoms with Crippen molar-refractivity contribution in [2.75, 3.05) is 39.9 Å². The van der Waals surface area contributed by atoms with E-state index in [-0.39, 0.29) is 49.6 Å². The summed E-state index contributed by atoms with van der Waals surface area (Å²) in [6, 6.07) is 12.3. The Labute approximate surface area is 243 Å². The monoisotopic (exact) mass is 576 g/mol. The molecule has 40 heavy (non-hydrogen) atoms. The van der Waals surface area contributed by atoms with Gasteiger partial charge in [-0.15, -0.1) is 12.4 Å². The Hall–Kier alpha value is -2.56. The van der Waals surface area contributed by atoms with E-state index in [0.29, 0.717) is 39.0 Å². The third kappa shape index (κ3) is 9.24. The predicted octanol–water partition coefficient (Wildman–Crippen LogP) is 2.43. The lowest BCUT2D eigenvalue weighted by atomic mass is 9.96. The zero-order chi connectivity index (χ0) is 28.2. The minimum atomic E-state index is -1.04. The number of fused-ring (bicyclic) bond motifs is 1. The van der Waals surface area contributed by atoms with Crippen molar-refractivity contribution in [3.8, 4) is 0 Å². The molecule has 0 bridgehead atoms. The summed E-state index contributed by atoms with van der Waals surface area (Å²) in [7, 11) is 1.60. The zero-order valence-electron chi connectivity index (χ0n) is 23.9. The molecule has 0 saturated carbocycles. The summed E-state index contributed by atoms with van der Waals surface area (Å²) in [6.45, 7) is 5.91. The molecule has 3 amide bonds. The lowest BCUT2D eigenvalue weighted by molar-refractivity contribution is -0.155. The standard InChI is InChI=1S/C30H44N4O5.ClH/c1-4-22(5-2)29(37)34(30(38)26-11-8-14-32-26)27(28(36)33-20-25(35)19-31-15-16-39-3)18-21-12-13-23-9-6-7-10-24(23)17-21;/h6-7,9-10,12-13,17,22,25-27,31-32,35H,4-5,8,11,14-16,18-20H2,1-3H3,(H,33,36);1H/t25?,26-,27+;/m0./s1. The maximum Gasteiger partial charge on any atom is 0.247 e. The molecule has 0 radical (unpaired) electrons. The molecule has 1 aliphatic rings. The van der Waals surface area contributed by atoms with E-state index >= 15 is 0 Å². The average molecular weight is 577 g/mol. The van der Waals surface area contributed by atoms with Gasteiger partial charge in [-0.25, -0.2) is 0 Å². The van der Waals surface area contributed by atoms with Crippen molar-refractivity contribution in [1.82, 2.24) is 20.9 Å². The van der Waals surface area contributed by atoms with E-state index in [1.54, 1.807) is 7.11 Å². The number of methoxy groups -OCH3 is 1. The molecule has 2 aromatic carbocycles. The highest BCUT2D eigenvalue weighted by atomic mass is 35.5. The van der Waals surface area contributed by atoms with Gasteiger partial charge in [-0.1, -0.05) is 56.3 Å². The Morgan fingerprint density at radius 1 is 1.10 bits per heavy atom. The highest BCUT2D eigenvalue weighted by molar-refractivity contribution is 6.03. The van der Waals surface area contributed by atoms with Gasteiger partial charge < -0.3 is 25.8 Å². The number of aliphatic hydroxyl groups is 1. The van der Waals surface area contributed by atoms with Gasteiger partial charge in [0.25, 0.3) is 0 Å². The van der Waals surface area contributed by atoms with Crippen LogP contribution in [0.1, 0.15) is 45.1 Å². The number of imide groups is 1. The Kier molecular flexibility index (Phi) is 14.5. The van der Waals surface area contributed by atoms with Crippen LogP contribution in [0.25, 0.3) is 10.8 Å². The molecule has 0 aliphatic carbocycles. The van der Waals surface area contributed by atoms with Gasteiger partial charge in [0, 0.05) is 39.1 Å². The molecule has 1 heterocycles. The van der Waals surface area contributed by atoms with E-state index in [0.717, 1.165) is 22.8 Å². The molecule has 222 valence electrons. The van der Waals surface area contributed by atoms with Crippen LogP contribution in [0.5, 0.6) is 0 Å². The van der Waals surface area contributed by atoms with Crippen molar-refractivity contribution in [2.24, 2.45) is 5.92 Å². The van der Waals surface area contributed by atoms with E-state index < -0.39 is 24.1 Å². The molecular formula is C30H45ClN4O5. The normalized spacial score (nSPS) is 16.4. The summed E-state index contributed by atoms with van der Waals surface area (Å²) in [5.74, 6) is -1.49. The van der Waals surface area contributed by atoms with E-state index in [1.165, 1.54) is 4.90 Å². The van der Waals surface area contributed by atoms with Crippen LogP contribution < -0.4 is 16.0 Å². The van der Waals surface area contributed by atoms with Gasteiger partial charge in [-0.3, -0.25) is 19.3 Å². The fraction of sp³-hybridized carbons (Fsp3) is 0.567. The van der Waals surface area contributed by atoms with E-state index in [2.05, 4.69) is 16.0 Å². The molecule has 1 saturated heterocycles. The van der Waals surface area contributed by atoms with Crippen LogP contribution >= 0.6 is 12.4 Å². The number of hydrogen-bond acceptors (Lipinski definition) is 7. The van der Waals surface area contributed by atoms with E-state index in [4.69, 9.17) is 4.74 Å². The van der Waals surface area contributed by atoms with Crippen LogP contribution in [-0.4, -0.2) is 85.8 Å². The number of aliphatic hydroxyl groups excluding tert-OH is 1. The minimum Gasteiger partial charge on any atom is -0.390 e. The molecule has 0 spiro atoms. The fourth-order valence-electron chi connectivity index (χ4n) is 5.06. The first-order chi connectivity index (χ1) is 18.9. The number of ether oxygens (including phenoxy) is 1. The van der Waals surface area contributed by atoms with Crippen molar-refractivity contribution < 1.29 is 24.2 Å². The Bertz CT molecular complexity index is 1080. The number of rotatable bonds is 15. The van der Waals surface area contributed by atoms with Gasteiger partial charge in [0.2, 0.25) is 17.7 Å². The molecule has 2 aromatic rings. The van der Waals surface area contributed by atoms with Crippen molar-refractivity contribution in [2.45, 2.75) is 64.1 Å².